The summed E-state index contributed by atoms with van der Waals surface area (Å²) in [5, 5.41) is 4.00. The molecule has 7 nitrogen and oxygen atoms in total. The minimum absolute atomic E-state index is 0.150. The van der Waals surface area contributed by atoms with Crippen LogP contribution in [0.5, 0.6) is 0 Å². The molecule has 1 unspecified atom stereocenters. The van der Waals surface area contributed by atoms with Crippen LogP contribution in [0, 0.1) is 0 Å². The molecule has 4 rings (SSSR count). The molecule has 0 radical (unpaired) electrons. The third kappa shape index (κ3) is 4.84. The highest BCUT2D eigenvalue weighted by Crippen LogP contribution is 2.23. The third-order valence-electron chi connectivity index (χ3n) is 5.07. The molecular formula is C24H23ClN4O3. The van der Waals surface area contributed by atoms with Gasteiger partial charge < -0.3 is 19.6 Å². The molecule has 0 spiro atoms. The van der Waals surface area contributed by atoms with Crippen LogP contribution in [-0.2, 0) is 6.54 Å². The molecule has 2 N–H and O–H groups in total. The maximum atomic E-state index is 13.3. The molecule has 0 fully saturated rings. The van der Waals surface area contributed by atoms with Crippen molar-refractivity contribution in [1.29, 1.82) is 0 Å². The van der Waals surface area contributed by atoms with Gasteiger partial charge in [0.2, 0.25) is 0 Å². The first-order chi connectivity index (χ1) is 15.5. The number of nitrogens with one attached hydrogen (secondary N) is 2. The zero-order chi connectivity index (χ0) is 22.5. The van der Waals surface area contributed by atoms with Crippen LogP contribution in [-0.4, -0.2) is 27.4 Å². The number of furan rings is 1. The minimum Gasteiger partial charge on any atom is -0.467 e. The summed E-state index contributed by atoms with van der Waals surface area (Å²) in [6, 6.07) is 17.4. The summed E-state index contributed by atoms with van der Waals surface area (Å²) in [5.74, 6) is 1.02. The molecule has 8 heteroatoms. The van der Waals surface area contributed by atoms with E-state index in [0.717, 1.165) is 12.0 Å². The Labute approximate surface area is 190 Å². The normalized spacial score (nSPS) is 11.9. The molecule has 0 aliphatic carbocycles. The lowest BCUT2D eigenvalue weighted by Gasteiger charge is -2.25. The Morgan fingerprint density at radius 3 is 2.72 bits per heavy atom. The SMILES string of the molecule is CCCN(Cc1nc2cc(Cl)ccc2c(=O)[nH]1)C(=O)NC(c1ccccc1)c1ccco1. The molecule has 164 valence electrons. The van der Waals surface area contributed by atoms with E-state index in [1.807, 2.05) is 43.3 Å². The maximum Gasteiger partial charge on any atom is 0.318 e. The van der Waals surface area contributed by atoms with Gasteiger partial charge in [0, 0.05) is 11.6 Å². The van der Waals surface area contributed by atoms with Crippen LogP contribution in [0.1, 0.15) is 36.5 Å². The Hall–Kier alpha value is -3.58. The second-order valence-corrected chi connectivity index (χ2v) is 7.84. The number of urea groups is 1. The van der Waals surface area contributed by atoms with E-state index in [2.05, 4.69) is 15.3 Å². The van der Waals surface area contributed by atoms with E-state index in [4.69, 9.17) is 16.0 Å². The second kappa shape index (κ2) is 9.70. The number of rotatable bonds is 7. The highest BCUT2D eigenvalue weighted by atomic mass is 35.5. The minimum atomic E-state index is -0.444. The Kier molecular flexibility index (Phi) is 6.56. The first kappa shape index (κ1) is 21.6. The fraction of sp³-hybridized carbons (Fsp3) is 0.208. The number of H-pyrrole nitrogens is 1. The van der Waals surface area contributed by atoms with Crippen molar-refractivity contribution in [2.75, 3.05) is 6.54 Å². The van der Waals surface area contributed by atoms with Crippen LogP contribution >= 0.6 is 11.6 Å². The van der Waals surface area contributed by atoms with Crippen molar-refractivity contribution in [3.05, 3.63) is 99.5 Å². The lowest BCUT2D eigenvalue weighted by Crippen LogP contribution is -2.42. The molecule has 0 aliphatic heterocycles. The number of hydrogen-bond acceptors (Lipinski definition) is 4. The molecule has 0 aliphatic rings. The summed E-state index contributed by atoms with van der Waals surface area (Å²) >= 11 is 6.06. The Morgan fingerprint density at radius 1 is 1.19 bits per heavy atom. The summed E-state index contributed by atoms with van der Waals surface area (Å²) in [5.41, 5.74) is 1.13. The molecule has 0 saturated carbocycles. The third-order valence-corrected chi connectivity index (χ3v) is 5.30. The lowest BCUT2D eigenvalue weighted by molar-refractivity contribution is 0.190. The zero-order valence-electron chi connectivity index (χ0n) is 17.5. The molecule has 2 aromatic carbocycles. The number of halogens is 1. The van der Waals surface area contributed by atoms with Crippen LogP contribution < -0.4 is 10.9 Å². The van der Waals surface area contributed by atoms with Gasteiger partial charge in [-0.05, 0) is 42.3 Å². The van der Waals surface area contributed by atoms with E-state index in [-0.39, 0.29) is 18.1 Å². The highest BCUT2D eigenvalue weighted by Gasteiger charge is 2.23. The van der Waals surface area contributed by atoms with E-state index >= 15 is 0 Å². The average molecular weight is 451 g/mol. The molecule has 2 heterocycles. The topological polar surface area (TPSA) is 91.2 Å². The average Bonchev–Trinajstić information content (AvgIpc) is 3.32. The fourth-order valence-electron chi connectivity index (χ4n) is 3.57. The number of fused-ring (bicyclic) bond motifs is 1. The van der Waals surface area contributed by atoms with Gasteiger partial charge in [0.25, 0.3) is 5.56 Å². The van der Waals surface area contributed by atoms with Crippen molar-refractivity contribution in [3.8, 4) is 0 Å². The van der Waals surface area contributed by atoms with Gasteiger partial charge in [-0.1, -0.05) is 48.9 Å². The van der Waals surface area contributed by atoms with Crippen LogP contribution in [0.25, 0.3) is 10.9 Å². The quantitative estimate of drug-likeness (QED) is 0.419. The van der Waals surface area contributed by atoms with Crippen molar-refractivity contribution in [2.24, 2.45) is 0 Å². The maximum absolute atomic E-state index is 13.3. The number of amides is 2. The van der Waals surface area contributed by atoms with Gasteiger partial charge in [-0.25, -0.2) is 9.78 Å². The van der Waals surface area contributed by atoms with Gasteiger partial charge in [0.05, 0.1) is 23.7 Å². The van der Waals surface area contributed by atoms with Crippen molar-refractivity contribution in [2.45, 2.75) is 25.9 Å². The van der Waals surface area contributed by atoms with Crippen LogP contribution in [0.2, 0.25) is 5.02 Å². The number of aromatic amines is 1. The zero-order valence-corrected chi connectivity index (χ0v) is 18.3. The summed E-state index contributed by atoms with van der Waals surface area (Å²) in [6.07, 6.45) is 2.32. The number of hydrogen-bond donors (Lipinski definition) is 2. The number of carbonyl (C=O) groups is 1. The highest BCUT2D eigenvalue weighted by molar-refractivity contribution is 6.31. The lowest BCUT2D eigenvalue weighted by atomic mass is 10.0. The first-order valence-corrected chi connectivity index (χ1v) is 10.7. The van der Waals surface area contributed by atoms with Gasteiger partial charge in [0.15, 0.2) is 0 Å². The molecule has 0 saturated heterocycles. The predicted molar refractivity (Wildman–Crippen MR) is 124 cm³/mol. The second-order valence-electron chi connectivity index (χ2n) is 7.40. The van der Waals surface area contributed by atoms with Crippen molar-refractivity contribution < 1.29 is 9.21 Å². The van der Waals surface area contributed by atoms with Gasteiger partial charge in [-0.15, -0.1) is 0 Å². The molecule has 2 aromatic heterocycles. The van der Waals surface area contributed by atoms with Crippen LogP contribution in [0.3, 0.4) is 0 Å². The summed E-state index contributed by atoms with van der Waals surface area (Å²) < 4.78 is 5.58. The van der Waals surface area contributed by atoms with Crippen LogP contribution in [0.4, 0.5) is 4.79 Å². The number of aromatic nitrogens is 2. The molecule has 2 amide bonds. The van der Waals surface area contributed by atoms with Crippen molar-refractivity contribution >= 4 is 28.5 Å². The van der Waals surface area contributed by atoms with E-state index in [0.29, 0.717) is 34.1 Å². The number of nitrogens with zero attached hydrogens (tertiary/aromatic N) is 2. The first-order valence-electron chi connectivity index (χ1n) is 10.4. The molecule has 32 heavy (non-hydrogen) atoms. The molecule has 0 bridgehead atoms. The van der Waals surface area contributed by atoms with E-state index in [9.17, 15) is 9.59 Å². The molecular weight excluding hydrogens is 428 g/mol. The standard InChI is InChI=1S/C24H23ClN4O3/c1-2-12-29(15-21-26-19-14-17(25)10-11-18(19)23(30)27-21)24(31)28-22(20-9-6-13-32-20)16-7-4-3-5-8-16/h3-11,13-14,22H,2,12,15H2,1H3,(H,28,31)(H,26,27,30). The van der Waals surface area contributed by atoms with E-state index in [1.165, 1.54) is 0 Å². The summed E-state index contributed by atoms with van der Waals surface area (Å²) in [6.45, 7) is 2.62. The summed E-state index contributed by atoms with van der Waals surface area (Å²) in [7, 11) is 0. The molecule has 1 atom stereocenters. The monoisotopic (exact) mass is 450 g/mol. The smallest absolute Gasteiger partial charge is 0.318 e. The van der Waals surface area contributed by atoms with Gasteiger partial charge >= 0.3 is 6.03 Å². The Balaban J connectivity index is 1.60. The van der Waals surface area contributed by atoms with E-state index < -0.39 is 6.04 Å². The van der Waals surface area contributed by atoms with Gasteiger partial charge in [0.1, 0.15) is 17.6 Å². The largest absolute Gasteiger partial charge is 0.467 e. The Bertz CT molecular complexity index is 1260. The predicted octanol–water partition coefficient (Wildman–Crippen LogP) is 4.88. The van der Waals surface area contributed by atoms with Crippen LogP contribution in [0.15, 0.2) is 76.1 Å². The van der Waals surface area contributed by atoms with Crippen molar-refractivity contribution in [3.63, 3.8) is 0 Å². The number of benzene rings is 2. The molecule has 4 aromatic rings. The van der Waals surface area contributed by atoms with Gasteiger partial charge in [-0.3, -0.25) is 4.79 Å². The Morgan fingerprint density at radius 2 is 2.00 bits per heavy atom. The fourth-order valence-corrected chi connectivity index (χ4v) is 3.74. The van der Waals surface area contributed by atoms with E-state index in [1.54, 1.807) is 35.4 Å². The number of carbonyl (C=O) groups excluding carboxylic acids is 1. The van der Waals surface area contributed by atoms with Crippen molar-refractivity contribution in [1.82, 2.24) is 20.2 Å². The van der Waals surface area contributed by atoms with Gasteiger partial charge in [-0.2, -0.15) is 0 Å². The summed E-state index contributed by atoms with van der Waals surface area (Å²) in [4.78, 5) is 34.6.